The highest BCUT2D eigenvalue weighted by atomic mass is 16.6. The molecule has 0 saturated carbocycles. The van der Waals surface area contributed by atoms with Crippen molar-refractivity contribution in [1.82, 2.24) is 14.9 Å². The molecule has 1 aromatic heterocycles. The fraction of sp³-hybridized carbons (Fsp3) is 0.375. The first-order chi connectivity index (χ1) is 15.9. The molecule has 1 fully saturated rings. The quantitative estimate of drug-likeness (QED) is 0.613. The fourth-order valence-corrected chi connectivity index (χ4v) is 4.33. The van der Waals surface area contributed by atoms with Crippen LogP contribution in [0.25, 0.3) is 10.9 Å². The van der Waals surface area contributed by atoms with E-state index in [9.17, 15) is 9.90 Å². The number of benzene rings is 2. The second-order valence-corrected chi connectivity index (χ2v) is 8.93. The largest absolute Gasteiger partial charge is 0.495 e. The number of likely N-dealkylation sites (N-methyl/N-ethyl adjacent to an activating group) is 1. The van der Waals surface area contributed by atoms with Gasteiger partial charge in [-0.2, -0.15) is 0 Å². The van der Waals surface area contributed by atoms with Gasteiger partial charge in [0.25, 0.3) is 0 Å². The average Bonchev–Trinajstić information content (AvgIpc) is 3.13. The van der Waals surface area contributed by atoms with E-state index in [-0.39, 0.29) is 13.2 Å². The minimum Gasteiger partial charge on any atom is -0.495 e. The molecule has 2 aromatic carbocycles. The van der Waals surface area contributed by atoms with Gasteiger partial charge in [0.1, 0.15) is 5.75 Å². The maximum Gasteiger partial charge on any atom is 0.415 e. The summed E-state index contributed by atoms with van der Waals surface area (Å²) in [5, 5.41) is 13.7. The van der Waals surface area contributed by atoms with Crippen LogP contribution in [-0.4, -0.2) is 65.5 Å². The summed E-state index contributed by atoms with van der Waals surface area (Å²) in [5.74, 6) is 1.19. The Hall–Kier alpha value is -3.43. The van der Waals surface area contributed by atoms with Gasteiger partial charge in [-0.25, -0.2) is 14.8 Å². The molecule has 2 N–H and O–H groups in total. The molecule has 0 bridgehead atoms. The van der Waals surface area contributed by atoms with Crippen molar-refractivity contribution in [3.05, 3.63) is 47.7 Å². The number of cyclic esters (lactones) is 1. The average molecular weight is 450 g/mol. The van der Waals surface area contributed by atoms with Gasteiger partial charge in [0.2, 0.25) is 5.95 Å². The summed E-state index contributed by atoms with van der Waals surface area (Å²) in [5.41, 5.74) is 3.79. The molecule has 1 unspecified atom stereocenters. The summed E-state index contributed by atoms with van der Waals surface area (Å²) in [4.78, 5) is 25.3. The summed E-state index contributed by atoms with van der Waals surface area (Å²) in [7, 11) is 3.77. The predicted octanol–water partition coefficient (Wildman–Crippen LogP) is 3.08. The lowest BCUT2D eigenvalue weighted by atomic mass is 9.99. The summed E-state index contributed by atoms with van der Waals surface area (Å²) >= 11 is 0. The number of aliphatic hydroxyl groups is 1. The van der Waals surface area contributed by atoms with Gasteiger partial charge in [-0.15, -0.1) is 0 Å². The topological polar surface area (TPSA) is 100 Å². The van der Waals surface area contributed by atoms with Crippen molar-refractivity contribution < 1.29 is 19.4 Å². The van der Waals surface area contributed by atoms with Gasteiger partial charge < -0.3 is 24.8 Å². The molecule has 0 aliphatic carbocycles. The zero-order valence-corrected chi connectivity index (χ0v) is 19.0. The van der Waals surface area contributed by atoms with Gasteiger partial charge >= 0.3 is 6.09 Å². The fourth-order valence-electron chi connectivity index (χ4n) is 4.33. The molecule has 0 radical (unpaired) electrons. The first-order valence-corrected chi connectivity index (χ1v) is 10.9. The monoisotopic (exact) mass is 449 g/mol. The van der Waals surface area contributed by atoms with Crippen molar-refractivity contribution in [2.24, 2.45) is 0 Å². The summed E-state index contributed by atoms with van der Waals surface area (Å²) < 4.78 is 10.9. The van der Waals surface area contributed by atoms with Crippen molar-refractivity contribution >= 4 is 34.3 Å². The number of methoxy groups -OCH3 is 1. The molecule has 1 atom stereocenters. The Kier molecular flexibility index (Phi) is 5.30. The number of carbonyl (C=O) groups is 1. The van der Waals surface area contributed by atoms with Crippen molar-refractivity contribution in [3.63, 3.8) is 0 Å². The van der Waals surface area contributed by atoms with Gasteiger partial charge in [-0.1, -0.05) is 0 Å². The van der Waals surface area contributed by atoms with Gasteiger partial charge in [-0.3, -0.25) is 4.90 Å². The first-order valence-electron chi connectivity index (χ1n) is 10.9. The molecule has 5 rings (SSSR count). The molecule has 3 aromatic rings. The second kappa shape index (κ2) is 8.17. The molecule has 172 valence electrons. The summed E-state index contributed by atoms with van der Waals surface area (Å²) in [6.45, 7) is 3.65. The van der Waals surface area contributed by atoms with E-state index < -0.39 is 11.7 Å². The highest BCUT2D eigenvalue weighted by molar-refractivity contribution is 5.93. The van der Waals surface area contributed by atoms with Crippen molar-refractivity contribution in [3.8, 4) is 5.75 Å². The molecule has 9 nitrogen and oxygen atoms in total. The predicted molar refractivity (Wildman–Crippen MR) is 125 cm³/mol. The van der Waals surface area contributed by atoms with Crippen LogP contribution >= 0.6 is 0 Å². The zero-order chi connectivity index (χ0) is 23.2. The standard InChI is InChI=1S/C24H27N5O4/c1-24(14-30)13-29(23(31)33-24)18-5-4-16-11-25-22(26-19(16)10-18)27-20-8-17-12-28(2)7-6-15(17)9-21(20)32-3/h4-5,8-11,30H,6-7,12-14H2,1-3H3,(H,25,26,27). The number of ether oxygens (including phenoxy) is 2. The normalized spacial score (nSPS) is 20.6. The number of anilines is 3. The third-order valence-corrected chi connectivity index (χ3v) is 6.23. The second-order valence-electron chi connectivity index (χ2n) is 8.93. The van der Waals surface area contributed by atoms with E-state index in [4.69, 9.17) is 9.47 Å². The molecule has 1 amide bonds. The number of rotatable bonds is 5. The zero-order valence-electron chi connectivity index (χ0n) is 19.0. The minimum absolute atomic E-state index is 0.239. The Labute approximate surface area is 191 Å². The van der Waals surface area contributed by atoms with Crippen molar-refractivity contribution in [1.29, 1.82) is 0 Å². The van der Waals surface area contributed by atoms with Crippen LogP contribution in [0.2, 0.25) is 0 Å². The van der Waals surface area contributed by atoms with Crippen LogP contribution in [-0.2, 0) is 17.7 Å². The summed E-state index contributed by atoms with van der Waals surface area (Å²) in [6, 6.07) is 9.70. The molecular formula is C24H27N5O4. The third kappa shape index (κ3) is 4.05. The molecular weight excluding hydrogens is 422 g/mol. The van der Waals surface area contributed by atoms with E-state index in [0.29, 0.717) is 17.2 Å². The number of nitrogens with zero attached hydrogens (tertiary/aromatic N) is 4. The van der Waals surface area contributed by atoms with E-state index in [1.54, 1.807) is 20.2 Å². The van der Waals surface area contributed by atoms with Crippen LogP contribution in [0, 0.1) is 0 Å². The van der Waals surface area contributed by atoms with Crippen LogP contribution in [0.5, 0.6) is 5.75 Å². The molecule has 1 saturated heterocycles. The lowest BCUT2D eigenvalue weighted by Crippen LogP contribution is -2.34. The molecule has 33 heavy (non-hydrogen) atoms. The molecule has 0 spiro atoms. The number of aliphatic hydroxyl groups excluding tert-OH is 1. The van der Waals surface area contributed by atoms with E-state index >= 15 is 0 Å². The van der Waals surface area contributed by atoms with Crippen molar-refractivity contribution in [2.45, 2.75) is 25.5 Å². The third-order valence-electron chi connectivity index (χ3n) is 6.23. The smallest absolute Gasteiger partial charge is 0.415 e. The van der Waals surface area contributed by atoms with Gasteiger partial charge in [0, 0.05) is 30.4 Å². The van der Waals surface area contributed by atoms with E-state index in [1.165, 1.54) is 16.0 Å². The number of amides is 1. The van der Waals surface area contributed by atoms with Crippen LogP contribution in [0.3, 0.4) is 0 Å². The lowest BCUT2D eigenvalue weighted by Gasteiger charge is -2.26. The van der Waals surface area contributed by atoms with Gasteiger partial charge in [0.15, 0.2) is 5.60 Å². The number of hydrogen-bond acceptors (Lipinski definition) is 8. The molecule has 3 heterocycles. The molecule has 9 heteroatoms. The number of aromatic nitrogens is 2. The number of fused-ring (bicyclic) bond motifs is 2. The van der Waals surface area contributed by atoms with E-state index in [0.717, 1.165) is 36.3 Å². The number of nitrogens with one attached hydrogen (secondary N) is 1. The van der Waals surface area contributed by atoms with Gasteiger partial charge in [-0.05, 0) is 61.9 Å². The maximum absolute atomic E-state index is 12.3. The minimum atomic E-state index is -0.915. The SMILES string of the molecule is COc1cc2c(cc1Nc1ncc3ccc(N4CC(C)(CO)OC4=O)cc3n1)CN(C)CC2. The highest BCUT2D eigenvalue weighted by Gasteiger charge is 2.41. The highest BCUT2D eigenvalue weighted by Crippen LogP contribution is 2.34. The molecule has 2 aliphatic rings. The Balaban J connectivity index is 1.45. The van der Waals surface area contributed by atoms with Gasteiger partial charge in [0.05, 0.1) is 31.5 Å². The Bertz CT molecular complexity index is 1230. The number of carbonyl (C=O) groups excluding carboxylic acids is 1. The summed E-state index contributed by atoms with van der Waals surface area (Å²) in [6.07, 6.45) is 2.25. The Morgan fingerprint density at radius 2 is 2.12 bits per heavy atom. The Morgan fingerprint density at radius 3 is 2.88 bits per heavy atom. The van der Waals surface area contributed by atoms with Crippen LogP contribution in [0.1, 0.15) is 18.1 Å². The Morgan fingerprint density at radius 1 is 1.27 bits per heavy atom. The van der Waals surface area contributed by atoms with Crippen molar-refractivity contribution in [2.75, 3.05) is 44.1 Å². The van der Waals surface area contributed by atoms with Crippen LogP contribution < -0.4 is 15.0 Å². The van der Waals surface area contributed by atoms with E-state index in [2.05, 4.69) is 39.4 Å². The lowest BCUT2D eigenvalue weighted by molar-refractivity contribution is 0.0219. The van der Waals surface area contributed by atoms with Crippen LogP contribution in [0.15, 0.2) is 36.5 Å². The molecule has 2 aliphatic heterocycles. The number of hydrogen-bond donors (Lipinski definition) is 2. The first kappa shape index (κ1) is 21.4. The maximum atomic E-state index is 12.3. The van der Waals surface area contributed by atoms with E-state index in [1.807, 2.05) is 18.2 Å². The van der Waals surface area contributed by atoms with Crippen LogP contribution in [0.4, 0.5) is 22.1 Å².